The van der Waals surface area contributed by atoms with Crippen LogP contribution in [0.2, 0.25) is 0 Å². The fourth-order valence-corrected chi connectivity index (χ4v) is 6.59. The zero-order valence-corrected chi connectivity index (χ0v) is 22.2. The second-order valence-corrected chi connectivity index (χ2v) is 10.8. The SMILES string of the molecule is COc1cc([C@@H]2c3cc4c(cc3[C@H](O[C@@H]3O[C@@H]5CO[C@@H](C)O[C@H]5[C@H](O)[C@H]3O)[C@@H]3COC(=O)[C@H]23)OCO4)cc(O)c1O. The molecule has 41 heavy (non-hydrogen) atoms. The number of fused-ring (bicyclic) bond motifs is 4. The van der Waals surface area contributed by atoms with Gasteiger partial charge in [-0.15, -0.1) is 0 Å². The first-order valence-electron chi connectivity index (χ1n) is 13.4. The summed E-state index contributed by atoms with van der Waals surface area (Å²) < 4.78 is 45.7. The van der Waals surface area contributed by atoms with E-state index in [1.165, 1.54) is 13.2 Å². The fourth-order valence-electron chi connectivity index (χ4n) is 6.59. The Kier molecular flexibility index (Phi) is 6.41. The summed E-state index contributed by atoms with van der Waals surface area (Å²) in [6, 6.07) is 6.46. The first-order chi connectivity index (χ1) is 19.7. The third kappa shape index (κ3) is 4.18. The molecule has 13 nitrogen and oxygen atoms in total. The van der Waals surface area contributed by atoms with Gasteiger partial charge in [0.05, 0.1) is 32.3 Å². The summed E-state index contributed by atoms with van der Waals surface area (Å²) in [6.45, 7) is 1.85. The summed E-state index contributed by atoms with van der Waals surface area (Å²) in [6.07, 6.45) is -6.91. The predicted molar refractivity (Wildman–Crippen MR) is 133 cm³/mol. The molecule has 0 amide bonds. The first-order valence-corrected chi connectivity index (χ1v) is 13.4. The number of phenolic OH excluding ortho intramolecular Hbond substituents is 2. The molecule has 0 unspecified atom stereocenters. The van der Waals surface area contributed by atoms with Gasteiger partial charge in [0.25, 0.3) is 0 Å². The van der Waals surface area contributed by atoms with Crippen molar-refractivity contribution in [1.82, 2.24) is 0 Å². The maximum Gasteiger partial charge on any atom is 0.310 e. The lowest BCUT2D eigenvalue weighted by Gasteiger charge is -2.47. The first kappa shape index (κ1) is 26.6. The topological polar surface area (TPSA) is 172 Å². The van der Waals surface area contributed by atoms with Crippen LogP contribution in [-0.4, -0.2) is 90.5 Å². The molecule has 10 atom stereocenters. The molecule has 1 aliphatic carbocycles. The van der Waals surface area contributed by atoms with Crippen LogP contribution in [0.1, 0.15) is 35.6 Å². The lowest BCUT2D eigenvalue weighted by atomic mass is 9.66. The Bertz CT molecular complexity index is 1360. The van der Waals surface area contributed by atoms with Crippen molar-refractivity contribution in [2.24, 2.45) is 11.8 Å². The molecule has 220 valence electrons. The van der Waals surface area contributed by atoms with Crippen LogP contribution in [0.4, 0.5) is 0 Å². The number of carbonyl (C=O) groups excluding carboxylic acids is 1. The quantitative estimate of drug-likeness (QED) is 0.302. The Morgan fingerprint density at radius 3 is 2.44 bits per heavy atom. The van der Waals surface area contributed by atoms with Crippen LogP contribution in [0.25, 0.3) is 0 Å². The standard InChI is InChI=1S/C28H30O13/c1-10-35-8-19-26(39-10)23(31)24(32)28(40-19)41-25-13-6-17-16(37-9-38-17)5-12(13)20(21-14(25)7-36-27(21)33)11-3-15(29)22(30)18(4-11)34-2/h3-6,10,14,19-21,23-26,28-32H,7-9H2,1-2H3/t10-,14-,19-,20-,21+,23-,24-,25+,26-,28+/m1/s1. The highest BCUT2D eigenvalue weighted by Gasteiger charge is 2.56. The molecule has 0 bridgehead atoms. The Balaban J connectivity index is 1.31. The minimum Gasteiger partial charge on any atom is -0.504 e. The zero-order chi connectivity index (χ0) is 28.6. The average molecular weight is 575 g/mol. The van der Waals surface area contributed by atoms with Crippen molar-refractivity contribution in [3.8, 4) is 28.7 Å². The summed E-state index contributed by atoms with van der Waals surface area (Å²) >= 11 is 0. The number of cyclic esters (lactones) is 1. The van der Waals surface area contributed by atoms with Crippen molar-refractivity contribution in [2.75, 3.05) is 27.1 Å². The van der Waals surface area contributed by atoms with Gasteiger partial charge in [0.15, 0.2) is 35.6 Å². The number of hydrogen-bond donors (Lipinski definition) is 4. The molecule has 0 spiro atoms. The van der Waals surface area contributed by atoms with Gasteiger partial charge in [-0.3, -0.25) is 4.79 Å². The molecular weight excluding hydrogens is 544 g/mol. The number of phenols is 2. The second kappa shape index (κ2) is 9.89. The Labute approximate surface area is 234 Å². The smallest absolute Gasteiger partial charge is 0.310 e. The van der Waals surface area contributed by atoms with E-state index in [2.05, 4.69) is 0 Å². The molecule has 4 heterocycles. The van der Waals surface area contributed by atoms with Crippen molar-refractivity contribution in [2.45, 2.75) is 55.9 Å². The largest absolute Gasteiger partial charge is 0.504 e. The molecule has 4 aliphatic heterocycles. The van der Waals surface area contributed by atoms with Gasteiger partial charge in [0.2, 0.25) is 12.5 Å². The number of carbonyl (C=O) groups is 1. The number of rotatable bonds is 4. The van der Waals surface area contributed by atoms with Gasteiger partial charge >= 0.3 is 5.97 Å². The lowest BCUT2D eigenvalue weighted by Crippen LogP contribution is -2.63. The third-order valence-corrected chi connectivity index (χ3v) is 8.54. The van der Waals surface area contributed by atoms with E-state index in [0.717, 1.165) is 0 Å². The number of benzene rings is 2. The van der Waals surface area contributed by atoms with Gasteiger partial charge < -0.3 is 58.3 Å². The van der Waals surface area contributed by atoms with Crippen LogP contribution >= 0.6 is 0 Å². The average Bonchev–Trinajstić information content (AvgIpc) is 3.58. The fraction of sp³-hybridized carbons (Fsp3) is 0.536. The van der Waals surface area contributed by atoms with E-state index >= 15 is 0 Å². The number of aliphatic hydroxyl groups excluding tert-OH is 2. The summed E-state index contributed by atoms with van der Waals surface area (Å²) in [5.41, 5.74) is 1.76. The Hall–Kier alpha value is -3.33. The molecular formula is C28H30O13. The Morgan fingerprint density at radius 1 is 0.927 bits per heavy atom. The van der Waals surface area contributed by atoms with E-state index in [1.54, 1.807) is 25.1 Å². The highest BCUT2D eigenvalue weighted by molar-refractivity contribution is 5.79. The van der Waals surface area contributed by atoms with Gasteiger partial charge in [0, 0.05) is 11.8 Å². The molecule has 4 N–H and O–H groups in total. The van der Waals surface area contributed by atoms with Crippen LogP contribution in [-0.2, 0) is 28.5 Å². The minimum atomic E-state index is -1.45. The molecule has 7 rings (SSSR count). The highest BCUT2D eigenvalue weighted by atomic mass is 16.8. The normalized spacial score (nSPS) is 37.1. The molecule has 3 fully saturated rings. The second-order valence-electron chi connectivity index (χ2n) is 10.8. The maximum absolute atomic E-state index is 13.3. The molecule has 0 aromatic heterocycles. The summed E-state index contributed by atoms with van der Waals surface area (Å²) in [5.74, 6) is -2.30. The maximum atomic E-state index is 13.3. The lowest BCUT2D eigenvalue weighted by molar-refractivity contribution is -0.364. The van der Waals surface area contributed by atoms with E-state index in [9.17, 15) is 25.2 Å². The van der Waals surface area contributed by atoms with Crippen molar-refractivity contribution >= 4 is 5.97 Å². The molecule has 0 saturated carbocycles. The van der Waals surface area contributed by atoms with E-state index in [4.69, 9.17) is 37.9 Å². The van der Waals surface area contributed by atoms with Crippen LogP contribution < -0.4 is 14.2 Å². The van der Waals surface area contributed by atoms with Crippen LogP contribution in [0.5, 0.6) is 28.7 Å². The summed E-state index contributed by atoms with van der Waals surface area (Å²) in [4.78, 5) is 13.3. The molecule has 13 heteroatoms. The van der Waals surface area contributed by atoms with Gasteiger partial charge in [-0.05, 0) is 47.9 Å². The Morgan fingerprint density at radius 2 is 1.68 bits per heavy atom. The minimum absolute atomic E-state index is 0.00920. The van der Waals surface area contributed by atoms with Gasteiger partial charge in [0.1, 0.15) is 24.4 Å². The molecule has 2 aromatic rings. The van der Waals surface area contributed by atoms with Crippen molar-refractivity contribution in [3.05, 3.63) is 41.0 Å². The molecule has 3 saturated heterocycles. The van der Waals surface area contributed by atoms with Gasteiger partial charge in [-0.25, -0.2) is 0 Å². The molecule has 5 aliphatic rings. The van der Waals surface area contributed by atoms with Crippen molar-refractivity contribution in [3.63, 3.8) is 0 Å². The van der Waals surface area contributed by atoms with Crippen molar-refractivity contribution in [1.29, 1.82) is 0 Å². The van der Waals surface area contributed by atoms with E-state index in [1.807, 2.05) is 0 Å². The number of aliphatic hydroxyl groups is 2. The van der Waals surface area contributed by atoms with Crippen LogP contribution in [0, 0.1) is 11.8 Å². The summed E-state index contributed by atoms with van der Waals surface area (Å²) in [5, 5.41) is 42.6. The van der Waals surface area contributed by atoms with E-state index in [-0.39, 0.29) is 25.8 Å². The number of ether oxygens (including phenoxy) is 8. The number of hydrogen-bond acceptors (Lipinski definition) is 13. The third-order valence-electron chi connectivity index (χ3n) is 8.54. The molecule has 2 aromatic carbocycles. The van der Waals surface area contributed by atoms with Crippen LogP contribution in [0.15, 0.2) is 24.3 Å². The number of aromatic hydroxyl groups is 2. The summed E-state index contributed by atoms with van der Waals surface area (Å²) in [7, 11) is 1.36. The predicted octanol–water partition coefficient (Wildman–Crippen LogP) is 1.04. The van der Waals surface area contributed by atoms with Crippen molar-refractivity contribution < 1.29 is 63.1 Å². The molecule has 0 radical (unpaired) electrons. The number of esters is 1. The van der Waals surface area contributed by atoms with Gasteiger partial charge in [-0.2, -0.15) is 0 Å². The van der Waals surface area contributed by atoms with E-state index < -0.39 is 78.3 Å². The van der Waals surface area contributed by atoms with E-state index in [0.29, 0.717) is 28.2 Å². The number of methoxy groups -OCH3 is 1. The zero-order valence-electron chi connectivity index (χ0n) is 22.2. The van der Waals surface area contributed by atoms with Gasteiger partial charge in [-0.1, -0.05) is 0 Å². The highest BCUT2D eigenvalue weighted by Crippen LogP contribution is 2.57. The monoisotopic (exact) mass is 574 g/mol. The van der Waals surface area contributed by atoms with Crippen LogP contribution in [0.3, 0.4) is 0 Å².